The van der Waals surface area contributed by atoms with Crippen LogP contribution in [0.4, 0.5) is 5.69 Å². The number of halogens is 1. The fraction of sp³-hybridized carbons (Fsp3) is 0.0588. The predicted molar refractivity (Wildman–Crippen MR) is 89.4 cm³/mol. The molecule has 5 nitrogen and oxygen atoms in total. The number of carbonyl (C=O) groups is 1. The summed E-state index contributed by atoms with van der Waals surface area (Å²) in [6.45, 7) is 0.361. The van der Waals surface area contributed by atoms with Crippen molar-refractivity contribution in [1.29, 1.82) is 0 Å². The van der Waals surface area contributed by atoms with Gasteiger partial charge in [0.25, 0.3) is 11.8 Å². The molecular formula is C17H13BrN2O3. The average molecular weight is 373 g/mol. The number of hydrogen-bond donors (Lipinski definition) is 1. The Kier molecular flexibility index (Phi) is 4.73. The van der Waals surface area contributed by atoms with Gasteiger partial charge in [-0.25, -0.2) is 0 Å². The first-order chi connectivity index (χ1) is 11.2. The second-order valence-electron chi connectivity index (χ2n) is 4.77. The second kappa shape index (κ2) is 7.11. The van der Waals surface area contributed by atoms with Crippen LogP contribution in [0.15, 0.2) is 69.7 Å². The molecule has 3 rings (SSSR count). The first-order valence-corrected chi connectivity index (χ1v) is 7.70. The van der Waals surface area contributed by atoms with E-state index in [4.69, 9.17) is 9.26 Å². The summed E-state index contributed by atoms with van der Waals surface area (Å²) < 4.78 is 11.4. The standard InChI is InChI=1S/C17H13BrN2O3/c18-13-7-4-8-14(9-13)19-17(21)15-10-16(20-23-15)22-11-12-5-2-1-3-6-12/h1-10H,11H2,(H,19,21). The third kappa shape index (κ3) is 4.20. The van der Waals surface area contributed by atoms with Gasteiger partial charge in [0.2, 0.25) is 5.76 Å². The van der Waals surface area contributed by atoms with E-state index in [-0.39, 0.29) is 17.5 Å². The van der Waals surface area contributed by atoms with Crippen molar-refractivity contribution in [3.05, 3.63) is 76.5 Å². The number of nitrogens with zero attached hydrogens (tertiary/aromatic N) is 1. The Balaban J connectivity index is 1.61. The van der Waals surface area contributed by atoms with E-state index in [0.29, 0.717) is 12.3 Å². The maximum atomic E-state index is 12.1. The van der Waals surface area contributed by atoms with Gasteiger partial charge in [-0.05, 0) is 28.9 Å². The number of hydrogen-bond acceptors (Lipinski definition) is 4. The molecule has 0 bridgehead atoms. The quantitative estimate of drug-likeness (QED) is 0.726. The van der Waals surface area contributed by atoms with Gasteiger partial charge in [-0.2, -0.15) is 0 Å². The summed E-state index contributed by atoms with van der Waals surface area (Å²) in [5.41, 5.74) is 1.67. The molecule has 1 N–H and O–H groups in total. The number of benzene rings is 2. The molecular weight excluding hydrogens is 360 g/mol. The van der Waals surface area contributed by atoms with Crippen molar-refractivity contribution in [3.8, 4) is 5.88 Å². The van der Waals surface area contributed by atoms with Crippen LogP contribution in [0.1, 0.15) is 16.1 Å². The van der Waals surface area contributed by atoms with E-state index in [1.807, 2.05) is 42.5 Å². The number of aromatic nitrogens is 1. The summed E-state index contributed by atoms with van der Waals surface area (Å²) in [5, 5.41) is 6.47. The van der Waals surface area contributed by atoms with Gasteiger partial charge in [-0.3, -0.25) is 4.79 Å². The van der Waals surface area contributed by atoms with Crippen LogP contribution in [0.2, 0.25) is 0 Å². The van der Waals surface area contributed by atoms with Crippen LogP contribution in [0.5, 0.6) is 5.88 Å². The third-order valence-corrected chi connectivity index (χ3v) is 3.52. The molecule has 0 aliphatic rings. The molecule has 0 atom stereocenters. The molecule has 0 spiro atoms. The van der Waals surface area contributed by atoms with E-state index in [2.05, 4.69) is 26.4 Å². The lowest BCUT2D eigenvalue weighted by Crippen LogP contribution is -2.10. The highest BCUT2D eigenvalue weighted by Crippen LogP contribution is 2.18. The molecule has 0 aliphatic heterocycles. The molecule has 1 amide bonds. The van der Waals surface area contributed by atoms with Gasteiger partial charge >= 0.3 is 0 Å². The lowest BCUT2D eigenvalue weighted by Gasteiger charge is -2.02. The molecule has 0 radical (unpaired) electrons. The van der Waals surface area contributed by atoms with Crippen LogP contribution >= 0.6 is 15.9 Å². The zero-order chi connectivity index (χ0) is 16.1. The Labute approximate surface area is 141 Å². The van der Waals surface area contributed by atoms with Crippen LogP contribution in [0.25, 0.3) is 0 Å². The lowest BCUT2D eigenvalue weighted by atomic mass is 10.2. The summed E-state index contributed by atoms with van der Waals surface area (Å²) in [6, 6.07) is 18.4. The van der Waals surface area contributed by atoms with Crippen molar-refractivity contribution in [2.75, 3.05) is 5.32 Å². The van der Waals surface area contributed by atoms with Crippen molar-refractivity contribution in [1.82, 2.24) is 5.16 Å². The Hall–Kier alpha value is -2.60. The van der Waals surface area contributed by atoms with E-state index in [1.165, 1.54) is 6.07 Å². The van der Waals surface area contributed by atoms with Crippen LogP contribution in [-0.4, -0.2) is 11.1 Å². The molecule has 3 aromatic rings. The highest BCUT2D eigenvalue weighted by molar-refractivity contribution is 9.10. The van der Waals surface area contributed by atoms with Crippen LogP contribution in [-0.2, 0) is 6.61 Å². The average Bonchev–Trinajstić information content (AvgIpc) is 3.03. The number of amides is 1. The highest BCUT2D eigenvalue weighted by atomic mass is 79.9. The first kappa shape index (κ1) is 15.3. The van der Waals surface area contributed by atoms with Crippen molar-refractivity contribution < 1.29 is 14.1 Å². The van der Waals surface area contributed by atoms with E-state index in [1.54, 1.807) is 12.1 Å². The summed E-state index contributed by atoms with van der Waals surface area (Å²) in [6.07, 6.45) is 0. The first-order valence-electron chi connectivity index (χ1n) is 6.91. The Morgan fingerprint density at radius 1 is 1.13 bits per heavy atom. The number of nitrogens with one attached hydrogen (secondary N) is 1. The van der Waals surface area contributed by atoms with Gasteiger partial charge in [0.05, 0.1) is 6.07 Å². The number of anilines is 1. The van der Waals surface area contributed by atoms with Crippen molar-refractivity contribution in [2.45, 2.75) is 6.61 Å². The molecule has 2 aromatic carbocycles. The Bertz CT molecular complexity index is 802. The maximum absolute atomic E-state index is 12.1. The fourth-order valence-electron chi connectivity index (χ4n) is 1.92. The number of ether oxygens (including phenoxy) is 1. The second-order valence-corrected chi connectivity index (χ2v) is 5.68. The molecule has 0 aliphatic carbocycles. The summed E-state index contributed by atoms with van der Waals surface area (Å²) in [5.74, 6) is -0.0218. The molecule has 6 heteroatoms. The topological polar surface area (TPSA) is 64.4 Å². The monoisotopic (exact) mass is 372 g/mol. The van der Waals surface area contributed by atoms with E-state index < -0.39 is 0 Å². The fourth-order valence-corrected chi connectivity index (χ4v) is 2.32. The normalized spacial score (nSPS) is 10.3. The van der Waals surface area contributed by atoms with Gasteiger partial charge < -0.3 is 14.6 Å². The van der Waals surface area contributed by atoms with E-state index in [0.717, 1.165) is 10.0 Å². The van der Waals surface area contributed by atoms with E-state index >= 15 is 0 Å². The Morgan fingerprint density at radius 3 is 2.74 bits per heavy atom. The molecule has 0 saturated carbocycles. The summed E-state index contributed by atoms with van der Waals surface area (Å²) >= 11 is 3.35. The SMILES string of the molecule is O=C(Nc1cccc(Br)c1)c1cc(OCc2ccccc2)no1. The minimum Gasteiger partial charge on any atom is -0.471 e. The van der Waals surface area contributed by atoms with Crippen molar-refractivity contribution >= 4 is 27.5 Å². The minimum atomic E-state index is -0.384. The van der Waals surface area contributed by atoms with Gasteiger partial charge in [0.1, 0.15) is 6.61 Å². The molecule has 1 heterocycles. The molecule has 116 valence electrons. The van der Waals surface area contributed by atoms with Crippen LogP contribution in [0.3, 0.4) is 0 Å². The third-order valence-electron chi connectivity index (χ3n) is 3.02. The number of carbonyl (C=O) groups excluding carboxylic acids is 1. The smallest absolute Gasteiger partial charge is 0.294 e. The Morgan fingerprint density at radius 2 is 1.96 bits per heavy atom. The van der Waals surface area contributed by atoms with Gasteiger partial charge in [-0.15, -0.1) is 0 Å². The van der Waals surface area contributed by atoms with Crippen LogP contribution < -0.4 is 10.1 Å². The van der Waals surface area contributed by atoms with Gasteiger partial charge in [0, 0.05) is 10.2 Å². The molecule has 0 saturated heterocycles. The predicted octanol–water partition coefficient (Wildman–Crippen LogP) is 4.27. The minimum absolute atomic E-state index is 0.0908. The largest absolute Gasteiger partial charge is 0.471 e. The zero-order valence-corrected chi connectivity index (χ0v) is 13.6. The number of rotatable bonds is 5. The van der Waals surface area contributed by atoms with Crippen molar-refractivity contribution in [3.63, 3.8) is 0 Å². The molecule has 0 fully saturated rings. The van der Waals surface area contributed by atoms with Gasteiger partial charge in [0.15, 0.2) is 0 Å². The summed E-state index contributed by atoms with van der Waals surface area (Å²) in [7, 11) is 0. The van der Waals surface area contributed by atoms with Crippen molar-refractivity contribution in [2.24, 2.45) is 0 Å². The summed E-state index contributed by atoms with van der Waals surface area (Å²) in [4.78, 5) is 12.1. The highest BCUT2D eigenvalue weighted by Gasteiger charge is 2.14. The van der Waals surface area contributed by atoms with Gasteiger partial charge in [-0.1, -0.05) is 52.3 Å². The molecule has 1 aromatic heterocycles. The maximum Gasteiger partial charge on any atom is 0.294 e. The molecule has 0 unspecified atom stereocenters. The lowest BCUT2D eigenvalue weighted by molar-refractivity contribution is 0.0987. The van der Waals surface area contributed by atoms with Crippen LogP contribution in [0, 0.1) is 0 Å². The zero-order valence-electron chi connectivity index (χ0n) is 12.0. The van der Waals surface area contributed by atoms with E-state index in [9.17, 15) is 4.79 Å². The molecule has 23 heavy (non-hydrogen) atoms.